The number of allylic oxidation sites excluding steroid dienone is 1. The molecule has 0 spiro atoms. The highest BCUT2D eigenvalue weighted by Gasteiger charge is 2.29. The molecule has 0 bridgehead atoms. The lowest BCUT2D eigenvalue weighted by atomic mass is 10.1. The lowest BCUT2D eigenvalue weighted by Crippen LogP contribution is -2.29. The Kier molecular flexibility index (Phi) is 7.74. The highest BCUT2D eigenvalue weighted by molar-refractivity contribution is 7.45. The zero-order valence-corrected chi connectivity index (χ0v) is 19.7. The SMILES string of the molecule is C=C(/C(N=C(C)C(P)=NC1CCOCC1)=C(/C)N=CC)N1c2ccccc2CC1C. The number of anilines is 1. The first-order valence-electron chi connectivity index (χ1n) is 10.6. The van der Waals surface area contributed by atoms with Crippen LogP contribution in [0.4, 0.5) is 5.69 Å². The van der Waals surface area contributed by atoms with E-state index in [1.165, 1.54) is 11.3 Å². The maximum atomic E-state index is 5.45. The van der Waals surface area contributed by atoms with Gasteiger partial charge in [-0.25, -0.2) is 4.99 Å². The molecule has 0 aliphatic carbocycles. The minimum Gasteiger partial charge on any atom is -0.381 e. The largest absolute Gasteiger partial charge is 0.381 e. The van der Waals surface area contributed by atoms with Crippen molar-refractivity contribution >= 4 is 32.3 Å². The van der Waals surface area contributed by atoms with Crippen molar-refractivity contribution in [3.8, 4) is 0 Å². The average Bonchev–Trinajstić information content (AvgIpc) is 3.07. The molecule has 2 heterocycles. The van der Waals surface area contributed by atoms with Gasteiger partial charge < -0.3 is 9.64 Å². The second-order valence-electron chi connectivity index (χ2n) is 7.87. The van der Waals surface area contributed by atoms with Crippen molar-refractivity contribution in [2.24, 2.45) is 15.0 Å². The molecule has 1 saturated heterocycles. The van der Waals surface area contributed by atoms with Gasteiger partial charge in [0.15, 0.2) is 0 Å². The van der Waals surface area contributed by atoms with E-state index in [4.69, 9.17) is 14.7 Å². The summed E-state index contributed by atoms with van der Waals surface area (Å²) in [5, 5.41) is 0. The third-order valence-electron chi connectivity index (χ3n) is 5.60. The Bertz CT molecular complexity index is 910. The van der Waals surface area contributed by atoms with E-state index in [1.54, 1.807) is 6.21 Å². The normalized spacial score (nSPS) is 21.8. The molecule has 2 aliphatic heterocycles. The van der Waals surface area contributed by atoms with Crippen LogP contribution in [0.15, 0.2) is 62.9 Å². The van der Waals surface area contributed by atoms with Gasteiger partial charge in [0.05, 0.1) is 28.6 Å². The maximum absolute atomic E-state index is 5.45. The predicted octanol–water partition coefficient (Wildman–Crippen LogP) is 5.19. The summed E-state index contributed by atoms with van der Waals surface area (Å²) < 4.78 is 5.45. The van der Waals surface area contributed by atoms with Crippen LogP contribution in [0.1, 0.15) is 46.1 Å². The molecule has 30 heavy (non-hydrogen) atoms. The van der Waals surface area contributed by atoms with E-state index in [0.29, 0.717) is 12.1 Å². The van der Waals surface area contributed by atoms with Crippen molar-refractivity contribution in [3.63, 3.8) is 0 Å². The number of aliphatic imine (C=N–C) groups is 3. The summed E-state index contributed by atoms with van der Waals surface area (Å²) >= 11 is 0. The minimum absolute atomic E-state index is 0.298. The molecule has 0 amide bonds. The Balaban J connectivity index is 1.94. The van der Waals surface area contributed by atoms with Gasteiger partial charge in [-0.1, -0.05) is 34.0 Å². The van der Waals surface area contributed by atoms with Gasteiger partial charge in [-0.2, -0.15) is 0 Å². The van der Waals surface area contributed by atoms with Crippen molar-refractivity contribution in [2.45, 2.75) is 59.0 Å². The van der Waals surface area contributed by atoms with Crippen LogP contribution in [0.25, 0.3) is 0 Å². The molecule has 3 rings (SSSR count). The number of benzene rings is 1. The number of hydrogen-bond donors (Lipinski definition) is 0. The topological polar surface area (TPSA) is 49.6 Å². The van der Waals surface area contributed by atoms with Crippen LogP contribution in [0.5, 0.6) is 0 Å². The first kappa shape index (κ1) is 22.6. The number of ether oxygens (including phenoxy) is 1. The third kappa shape index (κ3) is 5.14. The fourth-order valence-corrected chi connectivity index (χ4v) is 4.30. The fourth-order valence-electron chi connectivity index (χ4n) is 4.03. The second kappa shape index (κ2) is 10.3. The van der Waals surface area contributed by atoms with Gasteiger partial charge in [0, 0.05) is 31.2 Å². The number of para-hydroxylation sites is 1. The van der Waals surface area contributed by atoms with Crippen LogP contribution in [-0.2, 0) is 11.2 Å². The molecular weight excluding hydrogens is 391 g/mol. The van der Waals surface area contributed by atoms with Gasteiger partial charge in [0.2, 0.25) is 0 Å². The number of nitrogens with zero attached hydrogens (tertiary/aromatic N) is 4. The average molecular weight is 425 g/mol. The first-order chi connectivity index (χ1) is 14.4. The summed E-state index contributed by atoms with van der Waals surface area (Å²) in [5.41, 5.74) is 6.83. The fraction of sp³-hybridized carbons (Fsp3) is 0.458. The van der Waals surface area contributed by atoms with Crippen LogP contribution < -0.4 is 4.90 Å². The van der Waals surface area contributed by atoms with Gasteiger partial charge >= 0.3 is 0 Å². The lowest BCUT2D eigenvalue weighted by molar-refractivity contribution is 0.0872. The van der Waals surface area contributed by atoms with Gasteiger partial charge in [0.25, 0.3) is 0 Å². The zero-order chi connectivity index (χ0) is 21.7. The molecule has 160 valence electrons. The number of fused-ring (bicyclic) bond motifs is 1. The van der Waals surface area contributed by atoms with Crippen molar-refractivity contribution in [1.82, 2.24) is 0 Å². The molecule has 1 fully saturated rings. The van der Waals surface area contributed by atoms with Crippen molar-refractivity contribution < 1.29 is 4.74 Å². The lowest BCUT2D eigenvalue weighted by Gasteiger charge is -2.28. The number of rotatable bonds is 6. The maximum Gasteiger partial charge on any atom is 0.108 e. The molecular formula is C24H33N4OP. The summed E-state index contributed by atoms with van der Waals surface area (Å²) in [5.74, 6) is 0. The van der Waals surface area contributed by atoms with E-state index >= 15 is 0 Å². The van der Waals surface area contributed by atoms with E-state index in [-0.39, 0.29) is 0 Å². The smallest absolute Gasteiger partial charge is 0.108 e. The summed E-state index contributed by atoms with van der Waals surface area (Å²) in [6.07, 6.45) is 4.72. The van der Waals surface area contributed by atoms with Crippen molar-refractivity contribution in [2.75, 3.05) is 18.1 Å². The molecule has 2 unspecified atom stereocenters. The van der Waals surface area contributed by atoms with Gasteiger partial charge in [0.1, 0.15) is 5.70 Å². The molecule has 1 aromatic rings. The summed E-state index contributed by atoms with van der Waals surface area (Å²) in [4.78, 5) is 16.6. The van der Waals surface area contributed by atoms with Gasteiger partial charge in [-0.05, 0) is 58.6 Å². The molecule has 2 atom stereocenters. The summed E-state index contributed by atoms with van der Waals surface area (Å²) in [6.45, 7) is 14.1. The monoisotopic (exact) mass is 424 g/mol. The quantitative estimate of drug-likeness (QED) is 0.359. The van der Waals surface area contributed by atoms with Crippen LogP contribution in [0.3, 0.4) is 0 Å². The van der Waals surface area contributed by atoms with E-state index in [2.05, 4.69) is 56.9 Å². The van der Waals surface area contributed by atoms with E-state index in [9.17, 15) is 0 Å². The molecule has 0 saturated carbocycles. The molecule has 1 aromatic carbocycles. The van der Waals surface area contributed by atoms with E-state index in [1.807, 2.05) is 20.8 Å². The molecule has 0 N–H and O–H groups in total. The molecule has 0 aromatic heterocycles. The Hall–Kier alpha value is -2.10. The number of hydrogen-bond acceptors (Lipinski definition) is 5. The first-order valence-corrected chi connectivity index (χ1v) is 11.2. The molecule has 2 aliphatic rings. The molecule has 5 nitrogen and oxygen atoms in total. The summed E-state index contributed by atoms with van der Waals surface area (Å²) in [7, 11) is 2.75. The van der Waals surface area contributed by atoms with E-state index < -0.39 is 0 Å². The Morgan fingerprint density at radius 2 is 1.93 bits per heavy atom. The Morgan fingerprint density at radius 1 is 1.23 bits per heavy atom. The second-order valence-corrected chi connectivity index (χ2v) is 8.42. The van der Waals surface area contributed by atoms with Crippen LogP contribution in [0.2, 0.25) is 0 Å². The van der Waals surface area contributed by atoms with Crippen LogP contribution >= 0.6 is 9.24 Å². The van der Waals surface area contributed by atoms with E-state index in [0.717, 1.165) is 60.7 Å². The standard InChI is InChI=1S/C24H33N4OP/c1-6-25-17(3)23(26-18(4)24(30)27-21-11-13-29-14-12-21)19(5)28-16(2)15-20-9-7-8-10-22(20)28/h6-10,16,21H,5,11-15,30H2,1-4H3/b23-17+,25-6?,26-18?,27-24?. The van der Waals surface area contributed by atoms with Crippen molar-refractivity contribution in [3.05, 3.63) is 53.5 Å². The van der Waals surface area contributed by atoms with Crippen LogP contribution in [0, 0.1) is 0 Å². The Labute approximate surface area is 182 Å². The van der Waals surface area contributed by atoms with Gasteiger partial charge in [-0.3, -0.25) is 9.98 Å². The predicted molar refractivity (Wildman–Crippen MR) is 132 cm³/mol. The van der Waals surface area contributed by atoms with Crippen molar-refractivity contribution in [1.29, 1.82) is 0 Å². The Morgan fingerprint density at radius 3 is 2.63 bits per heavy atom. The molecule has 0 radical (unpaired) electrons. The highest BCUT2D eigenvalue weighted by Crippen LogP contribution is 2.37. The molecule has 6 heteroatoms. The minimum atomic E-state index is 0.298. The summed E-state index contributed by atoms with van der Waals surface area (Å²) in [6, 6.07) is 9.14. The highest BCUT2D eigenvalue weighted by atomic mass is 31.0. The third-order valence-corrected chi connectivity index (χ3v) is 6.17. The van der Waals surface area contributed by atoms with Gasteiger partial charge in [-0.15, -0.1) is 0 Å². The zero-order valence-electron chi connectivity index (χ0n) is 18.6. The van der Waals surface area contributed by atoms with Crippen LogP contribution in [-0.4, -0.2) is 42.7 Å².